The normalized spacial score (nSPS) is 22.1. The lowest BCUT2D eigenvalue weighted by Gasteiger charge is -2.09. The number of ether oxygens (including phenoxy) is 1. The highest BCUT2D eigenvalue weighted by Gasteiger charge is 2.65. The summed E-state index contributed by atoms with van der Waals surface area (Å²) in [6.45, 7) is 1.84. The Bertz CT molecular complexity index is 882. The summed E-state index contributed by atoms with van der Waals surface area (Å²) in [7, 11) is 0. The van der Waals surface area contributed by atoms with Crippen LogP contribution in [-0.4, -0.2) is 11.5 Å². The molecule has 2 fully saturated rings. The van der Waals surface area contributed by atoms with Gasteiger partial charge in [0, 0.05) is 18.2 Å². The van der Waals surface area contributed by atoms with E-state index >= 15 is 0 Å². The summed E-state index contributed by atoms with van der Waals surface area (Å²) in [6.07, 6.45) is 4.32. The van der Waals surface area contributed by atoms with Crippen molar-refractivity contribution in [1.82, 2.24) is 10.3 Å². The van der Waals surface area contributed by atoms with E-state index in [9.17, 15) is 0 Å². The first-order valence-corrected chi connectivity index (χ1v) is 9.84. The van der Waals surface area contributed by atoms with E-state index in [1.165, 1.54) is 23.2 Å². The Kier molecular flexibility index (Phi) is 4.38. The Morgan fingerprint density at radius 2 is 1.63 bits per heavy atom. The molecule has 0 spiro atoms. The zero-order valence-corrected chi connectivity index (χ0v) is 15.3. The van der Waals surface area contributed by atoms with Crippen molar-refractivity contribution in [2.45, 2.75) is 25.3 Å². The molecule has 0 aliphatic heterocycles. The molecule has 1 N–H and O–H groups in total. The maximum absolute atomic E-state index is 5.93. The maximum atomic E-state index is 5.93. The lowest BCUT2D eigenvalue weighted by Crippen LogP contribution is -2.16. The molecule has 3 aromatic rings. The van der Waals surface area contributed by atoms with Gasteiger partial charge in [-0.3, -0.25) is 4.98 Å². The topological polar surface area (TPSA) is 34.1 Å². The van der Waals surface area contributed by atoms with Crippen molar-refractivity contribution in [3.8, 4) is 11.5 Å². The number of fused-ring (bicyclic) bond motifs is 1. The molecular weight excluding hydrogens is 332 g/mol. The molecule has 27 heavy (non-hydrogen) atoms. The van der Waals surface area contributed by atoms with Gasteiger partial charge in [-0.25, -0.2) is 0 Å². The number of hydrogen-bond donors (Lipinski definition) is 1. The smallest absolute Gasteiger partial charge is 0.145 e. The largest absolute Gasteiger partial charge is 0.456 e. The fraction of sp³-hybridized carbons (Fsp3) is 0.292. The second-order valence-electron chi connectivity index (χ2n) is 7.67. The van der Waals surface area contributed by atoms with Gasteiger partial charge in [-0.15, -0.1) is 0 Å². The minimum atomic E-state index is 0.743. The fourth-order valence-corrected chi connectivity index (χ4v) is 3.79. The van der Waals surface area contributed by atoms with Crippen LogP contribution in [0.2, 0.25) is 0 Å². The second kappa shape index (κ2) is 7.16. The van der Waals surface area contributed by atoms with Crippen molar-refractivity contribution in [2.75, 3.05) is 6.54 Å². The molecule has 0 saturated heterocycles. The summed E-state index contributed by atoms with van der Waals surface area (Å²) in [5.41, 5.74) is 3.87. The molecule has 3 heteroatoms. The van der Waals surface area contributed by atoms with Crippen molar-refractivity contribution in [3.63, 3.8) is 0 Å². The van der Waals surface area contributed by atoms with Crippen LogP contribution < -0.4 is 10.1 Å². The van der Waals surface area contributed by atoms with Crippen molar-refractivity contribution in [3.05, 3.63) is 89.7 Å². The molecule has 0 amide bonds. The summed E-state index contributed by atoms with van der Waals surface area (Å²) < 4.78 is 5.93. The number of nitrogens with zero attached hydrogens (tertiary/aromatic N) is 1. The van der Waals surface area contributed by atoms with Crippen molar-refractivity contribution in [2.24, 2.45) is 11.8 Å². The van der Waals surface area contributed by atoms with Gasteiger partial charge in [0.2, 0.25) is 0 Å². The molecular formula is C24H24N2O. The van der Waals surface area contributed by atoms with Gasteiger partial charge in [0.1, 0.15) is 11.5 Å². The zero-order chi connectivity index (χ0) is 18.1. The quantitative estimate of drug-likeness (QED) is 0.581. The summed E-state index contributed by atoms with van der Waals surface area (Å²) in [5.74, 6) is 4.29. The maximum Gasteiger partial charge on any atom is 0.145 e. The van der Waals surface area contributed by atoms with E-state index in [0.29, 0.717) is 0 Å². The van der Waals surface area contributed by atoms with Crippen LogP contribution in [-0.2, 0) is 13.0 Å². The van der Waals surface area contributed by atoms with Crippen LogP contribution in [0.5, 0.6) is 11.5 Å². The van der Waals surface area contributed by atoms with E-state index in [2.05, 4.69) is 58.8 Å². The average molecular weight is 356 g/mol. The van der Waals surface area contributed by atoms with E-state index in [-0.39, 0.29) is 0 Å². The summed E-state index contributed by atoms with van der Waals surface area (Å²) in [6, 6.07) is 23.0. The second-order valence-corrected chi connectivity index (χ2v) is 7.67. The average Bonchev–Trinajstić information content (AvgIpc) is 3.62. The highest BCUT2D eigenvalue weighted by molar-refractivity contribution is 5.35. The lowest BCUT2D eigenvalue weighted by atomic mass is 10.1. The van der Waals surface area contributed by atoms with E-state index in [0.717, 1.165) is 48.8 Å². The Morgan fingerprint density at radius 3 is 2.30 bits per heavy atom. The van der Waals surface area contributed by atoms with Gasteiger partial charge in [0.05, 0.1) is 6.20 Å². The first-order valence-electron chi connectivity index (χ1n) is 9.84. The van der Waals surface area contributed by atoms with E-state index in [1.807, 2.05) is 24.4 Å². The van der Waals surface area contributed by atoms with E-state index in [1.54, 1.807) is 0 Å². The van der Waals surface area contributed by atoms with Crippen LogP contribution in [0.25, 0.3) is 0 Å². The molecule has 5 rings (SSSR count). The third-order valence-corrected chi connectivity index (χ3v) is 5.69. The molecule has 2 atom stereocenters. The van der Waals surface area contributed by atoms with Crippen LogP contribution in [0.4, 0.5) is 0 Å². The number of aromatic nitrogens is 1. The molecule has 2 aliphatic carbocycles. The van der Waals surface area contributed by atoms with Gasteiger partial charge in [0.15, 0.2) is 0 Å². The zero-order valence-electron chi connectivity index (χ0n) is 15.3. The molecule has 2 unspecified atom stereocenters. The van der Waals surface area contributed by atoms with Crippen LogP contribution in [0, 0.1) is 11.8 Å². The Labute approximate surface area is 160 Å². The number of pyridine rings is 1. The minimum Gasteiger partial charge on any atom is -0.456 e. The highest BCUT2D eigenvalue weighted by atomic mass is 16.5. The Morgan fingerprint density at radius 1 is 0.852 bits per heavy atom. The summed E-state index contributed by atoms with van der Waals surface area (Å²) >= 11 is 0. The third kappa shape index (κ3) is 3.88. The summed E-state index contributed by atoms with van der Waals surface area (Å²) in [4.78, 5) is 4.58. The fourth-order valence-electron chi connectivity index (χ4n) is 3.79. The monoisotopic (exact) mass is 356 g/mol. The Hall–Kier alpha value is -2.65. The SMILES string of the molecule is c1ccc(CCNCc2ccc(Oc3ccc(C4C5CC54)nc3)cc2)cc1. The molecule has 3 nitrogen and oxygen atoms in total. The molecule has 1 heterocycles. The number of nitrogens with one attached hydrogen (secondary N) is 1. The van der Waals surface area contributed by atoms with Crippen LogP contribution in [0.1, 0.15) is 29.2 Å². The minimum absolute atomic E-state index is 0.743. The van der Waals surface area contributed by atoms with Gasteiger partial charge in [-0.1, -0.05) is 42.5 Å². The van der Waals surface area contributed by atoms with E-state index < -0.39 is 0 Å². The van der Waals surface area contributed by atoms with Gasteiger partial charge in [0.25, 0.3) is 0 Å². The third-order valence-electron chi connectivity index (χ3n) is 5.69. The first kappa shape index (κ1) is 16.5. The van der Waals surface area contributed by atoms with Crippen LogP contribution in [0.15, 0.2) is 72.9 Å². The molecule has 0 bridgehead atoms. The molecule has 0 radical (unpaired) electrons. The van der Waals surface area contributed by atoms with Gasteiger partial charge >= 0.3 is 0 Å². The molecule has 2 aliphatic rings. The Balaban J connectivity index is 1.09. The number of benzene rings is 2. The molecule has 1 aromatic heterocycles. The molecule has 2 aromatic carbocycles. The van der Waals surface area contributed by atoms with Gasteiger partial charge < -0.3 is 10.1 Å². The number of rotatable bonds is 8. The van der Waals surface area contributed by atoms with Crippen LogP contribution >= 0.6 is 0 Å². The first-order chi connectivity index (χ1) is 13.4. The van der Waals surface area contributed by atoms with E-state index in [4.69, 9.17) is 4.74 Å². The standard InChI is InChI=1S/C24H24N2O/c1-2-4-17(5-3-1)12-13-25-15-18-6-8-19(9-7-18)27-20-10-11-23(26-16-20)24-21-14-22(21)24/h1-11,16,21-22,24-25H,12-15H2. The predicted octanol–water partition coefficient (Wildman–Crippen LogP) is 4.94. The van der Waals surface area contributed by atoms with Crippen molar-refractivity contribution < 1.29 is 4.74 Å². The molecule has 2 saturated carbocycles. The van der Waals surface area contributed by atoms with Crippen LogP contribution in [0.3, 0.4) is 0 Å². The summed E-state index contributed by atoms with van der Waals surface area (Å²) in [5, 5.41) is 3.50. The van der Waals surface area contributed by atoms with Gasteiger partial charge in [-0.2, -0.15) is 0 Å². The lowest BCUT2D eigenvalue weighted by molar-refractivity contribution is 0.479. The molecule has 136 valence electrons. The highest BCUT2D eigenvalue weighted by Crippen LogP contribution is 2.73. The number of hydrogen-bond acceptors (Lipinski definition) is 3. The predicted molar refractivity (Wildman–Crippen MR) is 107 cm³/mol. The van der Waals surface area contributed by atoms with Crippen molar-refractivity contribution >= 4 is 0 Å². The van der Waals surface area contributed by atoms with Gasteiger partial charge in [-0.05, 0) is 66.6 Å². The van der Waals surface area contributed by atoms with Crippen molar-refractivity contribution in [1.29, 1.82) is 0 Å².